The molecule has 2 atom stereocenters. The van der Waals surface area contributed by atoms with E-state index in [1.54, 1.807) is 6.92 Å². The minimum absolute atomic E-state index is 0.0425. The molecule has 1 saturated heterocycles. The number of aliphatic carboxylic acids is 1. The first-order valence-electron chi connectivity index (χ1n) is 6.62. The standard InChI is InChI=1S/C12H21N3O5/c1-3-4-13-10(16)8(2)14-12(19)15-5-6-20-7-9(15)11(17)18/h8-9H,3-7H2,1-2H3,(H,13,16)(H,14,19)(H,17,18). The van der Waals surface area contributed by atoms with Crippen LogP contribution in [0.4, 0.5) is 4.79 Å². The lowest BCUT2D eigenvalue weighted by molar-refractivity contribution is -0.147. The molecule has 0 aromatic rings. The normalized spacial score (nSPS) is 20.1. The molecule has 2 unspecified atom stereocenters. The van der Waals surface area contributed by atoms with Crippen LogP contribution in [0, 0.1) is 0 Å². The first-order valence-corrected chi connectivity index (χ1v) is 6.62. The van der Waals surface area contributed by atoms with Crippen molar-refractivity contribution >= 4 is 17.9 Å². The number of carboxylic acid groups (broad SMARTS) is 1. The molecule has 0 aromatic carbocycles. The summed E-state index contributed by atoms with van der Waals surface area (Å²) in [5.74, 6) is -1.41. The fourth-order valence-corrected chi connectivity index (χ4v) is 1.79. The minimum atomic E-state index is -1.12. The molecule has 1 rings (SSSR count). The van der Waals surface area contributed by atoms with E-state index in [1.165, 1.54) is 4.90 Å². The molecular formula is C12H21N3O5. The summed E-state index contributed by atoms with van der Waals surface area (Å²) in [7, 11) is 0. The molecule has 0 aromatic heterocycles. The van der Waals surface area contributed by atoms with Crippen LogP contribution in [0.25, 0.3) is 0 Å². The molecule has 3 amide bonds. The van der Waals surface area contributed by atoms with Gasteiger partial charge in [-0.25, -0.2) is 9.59 Å². The summed E-state index contributed by atoms with van der Waals surface area (Å²) < 4.78 is 5.05. The predicted octanol–water partition coefficient (Wildman–Crippen LogP) is -0.604. The second-order valence-corrected chi connectivity index (χ2v) is 4.58. The lowest BCUT2D eigenvalue weighted by Gasteiger charge is -2.33. The number of hydrogen-bond donors (Lipinski definition) is 3. The van der Waals surface area contributed by atoms with E-state index in [0.29, 0.717) is 6.54 Å². The van der Waals surface area contributed by atoms with Crippen molar-refractivity contribution in [2.45, 2.75) is 32.4 Å². The Hall–Kier alpha value is -1.83. The number of carbonyl (C=O) groups excluding carboxylic acids is 2. The molecule has 1 fully saturated rings. The van der Waals surface area contributed by atoms with Crippen LogP contribution in [0.5, 0.6) is 0 Å². The highest BCUT2D eigenvalue weighted by molar-refractivity contribution is 5.88. The fraction of sp³-hybridized carbons (Fsp3) is 0.750. The van der Waals surface area contributed by atoms with Gasteiger partial charge in [0.05, 0.1) is 13.2 Å². The van der Waals surface area contributed by atoms with Crippen LogP contribution in [-0.2, 0) is 14.3 Å². The Labute approximate surface area is 117 Å². The summed E-state index contributed by atoms with van der Waals surface area (Å²) in [5, 5.41) is 14.2. The Morgan fingerprint density at radius 3 is 2.75 bits per heavy atom. The van der Waals surface area contributed by atoms with Gasteiger partial charge in [-0.1, -0.05) is 6.92 Å². The highest BCUT2D eigenvalue weighted by atomic mass is 16.5. The Kier molecular flexibility index (Phi) is 6.23. The van der Waals surface area contributed by atoms with Gasteiger partial charge < -0.3 is 25.4 Å². The molecule has 0 radical (unpaired) electrons. The molecule has 3 N–H and O–H groups in total. The predicted molar refractivity (Wildman–Crippen MR) is 70.2 cm³/mol. The lowest BCUT2D eigenvalue weighted by atomic mass is 10.2. The van der Waals surface area contributed by atoms with Crippen molar-refractivity contribution < 1.29 is 24.2 Å². The number of urea groups is 1. The monoisotopic (exact) mass is 287 g/mol. The summed E-state index contributed by atoms with van der Waals surface area (Å²) >= 11 is 0. The molecule has 0 aliphatic carbocycles. The van der Waals surface area contributed by atoms with E-state index >= 15 is 0 Å². The summed E-state index contributed by atoms with van der Waals surface area (Å²) in [4.78, 5) is 35.9. The van der Waals surface area contributed by atoms with Crippen LogP contribution in [0.1, 0.15) is 20.3 Å². The summed E-state index contributed by atoms with van der Waals surface area (Å²) in [6.45, 7) is 4.45. The molecule has 0 spiro atoms. The number of carbonyl (C=O) groups is 3. The number of ether oxygens (including phenoxy) is 1. The van der Waals surface area contributed by atoms with E-state index in [4.69, 9.17) is 9.84 Å². The molecule has 8 nitrogen and oxygen atoms in total. The smallest absolute Gasteiger partial charge is 0.328 e. The number of hydrogen-bond acceptors (Lipinski definition) is 4. The lowest BCUT2D eigenvalue weighted by Crippen LogP contribution is -2.58. The summed E-state index contributed by atoms with van der Waals surface area (Å²) in [6.07, 6.45) is 0.803. The third kappa shape index (κ3) is 4.37. The second-order valence-electron chi connectivity index (χ2n) is 4.58. The van der Waals surface area contributed by atoms with Crippen LogP contribution >= 0.6 is 0 Å². The van der Waals surface area contributed by atoms with E-state index in [0.717, 1.165) is 6.42 Å². The molecular weight excluding hydrogens is 266 g/mol. The van der Waals surface area contributed by atoms with Crippen LogP contribution in [0.15, 0.2) is 0 Å². The van der Waals surface area contributed by atoms with Crippen molar-refractivity contribution in [2.75, 3.05) is 26.3 Å². The summed E-state index contributed by atoms with van der Waals surface area (Å²) in [6, 6.07) is -2.30. The molecule has 1 aliphatic rings. The Morgan fingerprint density at radius 2 is 2.15 bits per heavy atom. The maximum atomic E-state index is 12.0. The van der Waals surface area contributed by atoms with Gasteiger partial charge in [0.2, 0.25) is 5.91 Å². The number of nitrogens with zero attached hydrogens (tertiary/aromatic N) is 1. The molecule has 0 saturated carbocycles. The van der Waals surface area contributed by atoms with E-state index < -0.39 is 24.1 Å². The van der Waals surface area contributed by atoms with Gasteiger partial charge >= 0.3 is 12.0 Å². The zero-order valence-corrected chi connectivity index (χ0v) is 11.7. The maximum absolute atomic E-state index is 12.0. The van der Waals surface area contributed by atoms with E-state index in [2.05, 4.69) is 10.6 Å². The molecule has 20 heavy (non-hydrogen) atoms. The number of rotatable bonds is 5. The maximum Gasteiger partial charge on any atom is 0.328 e. The highest BCUT2D eigenvalue weighted by Crippen LogP contribution is 2.07. The van der Waals surface area contributed by atoms with Crippen molar-refractivity contribution in [3.63, 3.8) is 0 Å². The molecule has 0 bridgehead atoms. The van der Waals surface area contributed by atoms with Crippen LogP contribution < -0.4 is 10.6 Å². The van der Waals surface area contributed by atoms with Gasteiger partial charge in [0.25, 0.3) is 0 Å². The van der Waals surface area contributed by atoms with Crippen molar-refractivity contribution in [3.05, 3.63) is 0 Å². The molecule has 114 valence electrons. The van der Waals surface area contributed by atoms with Gasteiger partial charge in [0.1, 0.15) is 6.04 Å². The number of morpholine rings is 1. The third-order valence-corrected chi connectivity index (χ3v) is 2.96. The van der Waals surface area contributed by atoms with Gasteiger partial charge in [0, 0.05) is 13.1 Å². The highest BCUT2D eigenvalue weighted by Gasteiger charge is 2.33. The Morgan fingerprint density at radius 1 is 1.45 bits per heavy atom. The Balaban J connectivity index is 2.55. The van der Waals surface area contributed by atoms with Crippen molar-refractivity contribution in [1.29, 1.82) is 0 Å². The van der Waals surface area contributed by atoms with Crippen LogP contribution in [0.2, 0.25) is 0 Å². The Bertz CT molecular complexity index is 374. The SMILES string of the molecule is CCCNC(=O)C(C)NC(=O)N1CCOCC1C(=O)O. The first-order chi connectivity index (χ1) is 9.47. The van der Waals surface area contributed by atoms with E-state index in [9.17, 15) is 14.4 Å². The number of carboxylic acids is 1. The molecule has 1 aliphatic heterocycles. The van der Waals surface area contributed by atoms with Gasteiger partial charge in [0.15, 0.2) is 6.04 Å². The zero-order chi connectivity index (χ0) is 15.1. The summed E-state index contributed by atoms with van der Waals surface area (Å²) in [5.41, 5.74) is 0. The number of amides is 3. The zero-order valence-electron chi connectivity index (χ0n) is 11.7. The van der Waals surface area contributed by atoms with Gasteiger partial charge in [-0.15, -0.1) is 0 Å². The topological polar surface area (TPSA) is 108 Å². The van der Waals surface area contributed by atoms with E-state index in [1.807, 2.05) is 6.92 Å². The number of nitrogens with one attached hydrogen (secondary N) is 2. The van der Waals surface area contributed by atoms with Crippen molar-refractivity contribution in [2.24, 2.45) is 0 Å². The van der Waals surface area contributed by atoms with Crippen molar-refractivity contribution in [1.82, 2.24) is 15.5 Å². The van der Waals surface area contributed by atoms with Gasteiger partial charge in [-0.2, -0.15) is 0 Å². The average Bonchev–Trinajstić information content (AvgIpc) is 2.44. The van der Waals surface area contributed by atoms with E-state index in [-0.39, 0.29) is 25.7 Å². The molecule has 1 heterocycles. The second kappa shape index (κ2) is 7.68. The van der Waals surface area contributed by atoms with Crippen molar-refractivity contribution in [3.8, 4) is 0 Å². The fourth-order valence-electron chi connectivity index (χ4n) is 1.79. The molecule has 8 heteroatoms. The van der Waals surface area contributed by atoms with Gasteiger partial charge in [-0.3, -0.25) is 4.79 Å². The average molecular weight is 287 g/mol. The van der Waals surface area contributed by atoms with Crippen LogP contribution in [-0.4, -0.2) is 66.3 Å². The van der Waals surface area contributed by atoms with Gasteiger partial charge in [-0.05, 0) is 13.3 Å². The minimum Gasteiger partial charge on any atom is -0.480 e. The quantitative estimate of drug-likeness (QED) is 0.625. The largest absolute Gasteiger partial charge is 0.480 e. The van der Waals surface area contributed by atoms with Crippen LogP contribution in [0.3, 0.4) is 0 Å². The first kappa shape index (κ1) is 16.2. The third-order valence-electron chi connectivity index (χ3n) is 2.96.